The fourth-order valence-corrected chi connectivity index (χ4v) is 2.94. The molecule has 0 radical (unpaired) electrons. The van der Waals surface area contributed by atoms with Crippen LogP contribution in [0.5, 0.6) is 0 Å². The van der Waals surface area contributed by atoms with Crippen LogP contribution in [0.25, 0.3) is 0 Å². The molecule has 1 unspecified atom stereocenters. The average Bonchev–Trinajstić information content (AvgIpc) is 2.92. The molecule has 0 saturated heterocycles. The van der Waals surface area contributed by atoms with Gasteiger partial charge in [-0.3, -0.25) is 4.79 Å². The van der Waals surface area contributed by atoms with Gasteiger partial charge in [0.15, 0.2) is 0 Å². The van der Waals surface area contributed by atoms with Gasteiger partial charge < -0.3 is 5.32 Å². The van der Waals surface area contributed by atoms with Gasteiger partial charge in [-0.25, -0.2) is 4.68 Å². The second-order valence-corrected chi connectivity index (χ2v) is 5.60. The van der Waals surface area contributed by atoms with E-state index in [1.54, 1.807) is 16.8 Å². The maximum atomic E-state index is 11.9. The van der Waals surface area contributed by atoms with Crippen molar-refractivity contribution in [2.24, 2.45) is 5.92 Å². The first-order valence-corrected chi connectivity index (χ1v) is 7.49. The Morgan fingerprint density at radius 2 is 2.16 bits per heavy atom. The third-order valence-corrected chi connectivity index (χ3v) is 3.99. The van der Waals surface area contributed by atoms with Crippen molar-refractivity contribution < 1.29 is 0 Å². The van der Waals surface area contributed by atoms with Crippen LogP contribution in [0.1, 0.15) is 44.7 Å². The van der Waals surface area contributed by atoms with E-state index in [0.29, 0.717) is 18.5 Å². The molecule has 0 amide bonds. The van der Waals surface area contributed by atoms with E-state index in [0.717, 1.165) is 18.7 Å². The maximum absolute atomic E-state index is 11.9. The summed E-state index contributed by atoms with van der Waals surface area (Å²) in [5.74, 6) is 0.695. The third kappa shape index (κ3) is 3.90. The number of nitrogens with one attached hydrogen (secondary N) is 1. The number of hydrogen-bond acceptors (Lipinski definition) is 3. The van der Waals surface area contributed by atoms with E-state index < -0.39 is 0 Å². The minimum Gasteiger partial charge on any atom is -0.312 e. The van der Waals surface area contributed by atoms with Crippen LogP contribution in [0.4, 0.5) is 0 Å². The molecule has 1 aliphatic rings. The molecule has 2 rings (SSSR count). The lowest BCUT2D eigenvalue weighted by Gasteiger charge is -2.25. The standard InChI is InChI=1S/C15H25N3O/c1-3-10-16-14(13-6-4-5-7-13)11-18-15(19)9-8-12(2)17-18/h8-9,13-14,16H,3-7,10-11H2,1-2H3. The Balaban J connectivity index is 2.09. The summed E-state index contributed by atoms with van der Waals surface area (Å²) in [5.41, 5.74) is 0.909. The minimum atomic E-state index is 0.00638. The Morgan fingerprint density at radius 3 is 2.84 bits per heavy atom. The van der Waals surface area contributed by atoms with Crippen LogP contribution in [0.2, 0.25) is 0 Å². The van der Waals surface area contributed by atoms with Crippen molar-refractivity contribution in [3.63, 3.8) is 0 Å². The highest BCUT2D eigenvalue weighted by atomic mass is 16.1. The lowest BCUT2D eigenvalue weighted by molar-refractivity contribution is 0.306. The van der Waals surface area contributed by atoms with Crippen molar-refractivity contribution in [3.8, 4) is 0 Å². The van der Waals surface area contributed by atoms with Gasteiger partial charge in [0.2, 0.25) is 0 Å². The molecular weight excluding hydrogens is 238 g/mol. The van der Waals surface area contributed by atoms with Crippen molar-refractivity contribution in [1.29, 1.82) is 0 Å². The summed E-state index contributed by atoms with van der Waals surface area (Å²) in [5, 5.41) is 7.96. The van der Waals surface area contributed by atoms with Crippen molar-refractivity contribution in [3.05, 3.63) is 28.2 Å². The molecule has 1 aromatic rings. The Kier molecular flexibility index (Phi) is 5.14. The van der Waals surface area contributed by atoms with Crippen LogP contribution in [0, 0.1) is 12.8 Å². The molecule has 1 N–H and O–H groups in total. The number of rotatable bonds is 6. The summed E-state index contributed by atoms with van der Waals surface area (Å²) in [6.07, 6.45) is 6.33. The molecule has 4 heteroatoms. The molecule has 4 nitrogen and oxygen atoms in total. The molecule has 19 heavy (non-hydrogen) atoms. The number of aromatic nitrogens is 2. The van der Waals surface area contributed by atoms with Crippen LogP contribution in [0.15, 0.2) is 16.9 Å². The molecule has 0 spiro atoms. The molecule has 1 atom stereocenters. The van der Waals surface area contributed by atoms with Gasteiger partial charge >= 0.3 is 0 Å². The predicted octanol–water partition coefficient (Wildman–Crippen LogP) is 2.11. The molecule has 1 heterocycles. The maximum Gasteiger partial charge on any atom is 0.266 e. The number of nitrogens with zero attached hydrogens (tertiary/aromatic N) is 2. The summed E-state index contributed by atoms with van der Waals surface area (Å²) in [6.45, 7) is 5.82. The van der Waals surface area contributed by atoms with Gasteiger partial charge in [-0.2, -0.15) is 5.10 Å². The summed E-state index contributed by atoms with van der Waals surface area (Å²) >= 11 is 0. The van der Waals surface area contributed by atoms with Gasteiger partial charge in [-0.15, -0.1) is 0 Å². The first-order chi connectivity index (χ1) is 9.20. The predicted molar refractivity (Wildman–Crippen MR) is 77.3 cm³/mol. The molecule has 1 aromatic heterocycles. The van der Waals surface area contributed by atoms with E-state index >= 15 is 0 Å². The summed E-state index contributed by atoms with van der Waals surface area (Å²) in [6, 6.07) is 3.78. The van der Waals surface area contributed by atoms with Gasteiger partial charge in [-0.05, 0) is 44.7 Å². The second-order valence-electron chi connectivity index (χ2n) is 5.60. The van der Waals surface area contributed by atoms with Gasteiger partial charge in [0.25, 0.3) is 5.56 Å². The van der Waals surface area contributed by atoms with Crippen LogP contribution in [-0.2, 0) is 6.54 Å². The van der Waals surface area contributed by atoms with E-state index in [1.165, 1.54) is 25.7 Å². The fourth-order valence-electron chi connectivity index (χ4n) is 2.94. The van der Waals surface area contributed by atoms with E-state index in [1.807, 2.05) is 6.92 Å². The van der Waals surface area contributed by atoms with Crippen LogP contribution in [0.3, 0.4) is 0 Å². The molecule has 1 fully saturated rings. The first-order valence-electron chi connectivity index (χ1n) is 7.49. The number of hydrogen-bond donors (Lipinski definition) is 1. The third-order valence-electron chi connectivity index (χ3n) is 3.99. The summed E-state index contributed by atoms with van der Waals surface area (Å²) < 4.78 is 1.63. The van der Waals surface area contributed by atoms with Crippen molar-refractivity contribution in [1.82, 2.24) is 15.1 Å². The smallest absolute Gasteiger partial charge is 0.266 e. The largest absolute Gasteiger partial charge is 0.312 e. The highest BCUT2D eigenvalue weighted by Crippen LogP contribution is 2.28. The highest BCUT2D eigenvalue weighted by molar-refractivity contribution is 4.97. The lowest BCUT2D eigenvalue weighted by Crippen LogP contribution is -2.42. The van der Waals surface area contributed by atoms with Gasteiger partial charge in [-0.1, -0.05) is 19.8 Å². The van der Waals surface area contributed by atoms with Crippen molar-refractivity contribution in [2.75, 3.05) is 6.54 Å². The molecule has 0 aliphatic heterocycles. The molecular formula is C15H25N3O. The van der Waals surface area contributed by atoms with E-state index in [9.17, 15) is 4.79 Å². The zero-order valence-electron chi connectivity index (χ0n) is 12.1. The van der Waals surface area contributed by atoms with Crippen LogP contribution < -0.4 is 10.9 Å². The van der Waals surface area contributed by atoms with Gasteiger partial charge in [0, 0.05) is 12.1 Å². The van der Waals surface area contributed by atoms with Gasteiger partial charge in [0.1, 0.15) is 0 Å². The van der Waals surface area contributed by atoms with E-state index in [-0.39, 0.29) is 5.56 Å². The van der Waals surface area contributed by atoms with Crippen molar-refractivity contribution >= 4 is 0 Å². The minimum absolute atomic E-state index is 0.00638. The first kappa shape index (κ1) is 14.3. The Hall–Kier alpha value is -1.16. The second kappa shape index (κ2) is 6.85. The molecule has 0 aromatic carbocycles. The Bertz CT molecular complexity index is 449. The molecule has 1 saturated carbocycles. The van der Waals surface area contributed by atoms with Crippen LogP contribution in [-0.4, -0.2) is 22.4 Å². The van der Waals surface area contributed by atoms with E-state index in [2.05, 4.69) is 17.3 Å². The topological polar surface area (TPSA) is 46.9 Å². The fraction of sp³-hybridized carbons (Fsp3) is 0.733. The average molecular weight is 263 g/mol. The number of aryl methyl sites for hydroxylation is 1. The van der Waals surface area contributed by atoms with Crippen LogP contribution >= 0.6 is 0 Å². The highest BCUT2D eigenvalue weighted by Gasteiger charge is 2.25. The molecule has 106 valence electrons. The SMILES string of the molecule is CCCNC(Cn1nc(C)ccc1=O)C1CCCC1. The quantitative estimate of drug-likeness (QED) is 0.855. The zero-order valence-corrected chi connectivity index (χ0v) is 12.1. The Labute approximate surface area is 115 Å². The Morgan fingerprint density at radius 1 is 1.42 bits per heavy atom. The normalized spacial score (nSPS) is 17.8. The summed E-state index contributed by atoms with van der Waals surface area (Å²) in [4.78, 5) is 11.9. The van der Waals surface area contributed by atoms with E-state index in [4.69, 9.17) is 0 Å². The van der Waals surface area contributed by atoms with Crippen molar-refractivity contribution in [2.45, 2.75) is 58.5 Å². The molecule has 1 aliphatic carbocycles. The zero-order chi connectivity index (χ0) is 13.7. The summed E-state index contributed by atoms with van der Waals surface area (Å²) in [7, 11) is 0. The monoisotopic (exact) mass is 263 g/mol. The van der Waals surface area contributed by atoms with Gasteiger partial charge in [0.05, 0.1) is 12.2 Å². The lowest BCUT2D eigenvalue weighted by atomic mass is 9.98. The molecule has 0 bridgehead atoms.